The Balaban J connectivity index is 1.73. The summed E-state index contributed by atoms with van der Waals surface area (Å²) in [4.78, 5) is 0. The zero-order chi connectivity index (χ0) is 17.2. The van der Waals surface area contributed by atoms with Crippen molar-refractivity contribution in [3.05, 3.63) is 47.6 Å². The second-order valence-corrected chi connectivity index (χ2v) is 13.5. The molecule has 3 atom stereocenters. The van der Waals surface area contributed by atoms with Gasteiger partial charge in [0.1, 0.15) is 0 Å². The first-order valence-electron chi connectivity index (χ1n) is 9.77. The van der Waals surface area contributed by atoms with Gasteiger partial charge in [-0.05, 0) is 75.4 Å². The maximum Gasteiger partial charge on any atom is 0.183 e. The van der Waals surface area contributed by atoms with Crippen LogP contribution in [0.3, 0.4) is 0 Å². The maximum atomic E-state index is 6.13. The van der Waals surface area contributed by atoms with Crippen LogP contribution in [-0.2, 0) is 4.43 Å². The lowest BCUT2D eigenvalue weighted by molar-refractivity contribution is 0.214. The van der Waals surface area contributed by atoms with E-state index in [9.17, 15) is 0 Å². The molecule has 1 fully saturated rings. The molecule has 2 heteroatoms. The van der Waals surface area contributed by atoms with Gasteiger partial charge >= 0.3 is 0 Å². The van der Waals surface area contributed by atoms with Crippen molar-refractivity contribution in [2.45, 2.75) is 65.1 Å². The van der Waals surface area contributed by atoms with Gasteiger partial charge in [-0.15, -0.1) is 0 Å². The molecule has 1 saturated carbocycles. The van der Waals surface area contributed by atoms with Crippen LogP contribution in [0, 0.1) is 17.3 Å². The molecule has 132 valence electrons. The monoisotopic (exact) mass is 342 g/mol. The molecule has 0 spiro atoms. The molecule has 3 unspecified atom stereocenters. The molecule has 0 aromatic heterocycles. The Morgan fingerprint density at radius 2 is 1.92 bits per heavy atom. The van der Waals surface area contributed by atoms with E-state index in [2.05, 4.69) is 63.0 Å². The number of rotatable bonds is 7. The van der Waals surface area contributed by atoms with E-state index in [-0.39, 0.29) is 0 Å². The molecule has 3 rings (SSSR count). The first kappa shape index (κ1) is 17.9. The summed E-state index contributed by atoms with van der Waals surface area (Å²) in [7, 11) is -1.39. The van der Waals surface area contributed by atoms with Gasteiger partial charge in [-0.1, -0.05) is 54.5 Å². The molecule has 0 aromatic rings. The van der Waals surface area contributed by atoms with E-state index >= 15 is 0 Å². The second kappa shape index (κ2) is 7.17. The standard InChI is InChI=1S/C22H34OSi/c1-22(19-11-6-7-12-19,16-9-17-23-24(2,3)4)21-15-14-18-10-5-8-13-20(18)21/h5-8,11,13,18,21H,9-10,12,14-17H2,1-4H3. The maximum absolute atomic E-state index is 6.13. The molecular formula is C22H34OSi. The van der Waals surface area contributed by atoms with Crippen molar-refractivity contribution in [3.8, 4) is 0 Å². The fourth-order valence-corrected chi connectivity index (χ4v) is 5.60. The highest BCUT2D eigenvalue weighted by Gasteiger charge is 2.44. The van der Waals surface area contributed by atoms with Crippen molar-refractivity contribution in [3.63, 3.8) is 0 Å². The van der Waals surface area contributed by atoms with Gasteiger partial charge in [0.2, 0.25) is 0 Å². The van der Waals surface area contributed by atoms with Crippen LogP contribution in [0.25, 0.3) is 0 Å². The highest BCUT2D eigenvalue weighted by Crippen LogP contribution is 2.55. The third-order valence-electron chi connectivity index (χ3n) is 6.17. The van der Waals surface area contributed by atoms with E-state index < -0.39 is 8.32 Å². The Labute approximate surface area is 149 Å². The van der Waals surface area contributed by atoms with E-state index in [1.54, 1.807) is 11.1 Å². The van der Waals surface area contributed by atoms with Crippen LogP contribution in [-0.4, -0.2) is 14.9 Å². The van der Waals surface area contributed by atoms with Gasteiger partial charge < -0.3 is 4.43 Å². The number of hydrogen-bond donors (Lipinski definition) is 0. The Bertz CT molecular complexity index is 575. The average molecular weight is 343 g/mol. The fraction of sp³-hybridized carbons (Fsp3) is 0.636. The van der Waals surface area contributed by atoms with Crippen LogP contribution in [0.15, 0.2) is 47.6 Å². The van der Waals surface area contributed by atoms with Gasteiger partial charge in [0.25, 0.3) is 0 Å². The summed E-state index contributed by atoms with van der Waals surface area (Å²) >= 11 is 0. The normalized spacial score (nSPS) is 28.5. The van der Waals surface area contributed by atoms with Crippen LogP contribution in [0.2, 0.25) is 19.6 Å². The molecule has 0 amide bonds. The van der Waals surface area contributed by atoms with Gasteiger partial charge in [0.05, 0.1) is 0 Å². The molecular weight excluding hydrogens is 308 g/mol. The molecule has 0 N–H and O–H groups in total. The minimum Gasteiger partial charge on any atom is -0.418 e. The van der Waals surface area contributed by atoms with Crippen molar-refractivity contribution in [2.75, 3.05) is 6.61 Å². The predicted octanol–water partition coefficient (Wildman–Crippen LogP) is 6.42. The Kier molecular flexibility index (Phi) is 5.36. The molecule has 0 saturated heterocycles. The molecule has 1 nitrogen and oxygen atoms in total. The summed E-state index contributed by atoms with van der Waals surface area (Å²) in [5.74, 6) is 1.54. The molecule has 0 radical (unpaired) electrons. The topological polar surface area (TPSA) is 9.23 Å². The predicted molar refractivity (Wildman–Crippen MR) is 107 cm³/mol. The number of hydrogen-bond acceptors (Lipinski definition) is 1. The molecule has 3 aliphatic rings. The Morgan fingerprint density at radius 3 is 2.62 bits per heavy atom. The zero-order valence-corrected chi connectivity index (χ0v) is 17.0. The lowest BCUT2D eigenvalue weighted by atomic mass is 9.65. The van der Waals surface area contributed by atoms with Gasteiger partial charge in [0, 0.05) is 6.61 Å². The third kappa shape index (κ3) is 3.86. The highest BCUT2D eigenvalue weighted by atomic mass is 28.4. The largest absolute Gasteiger partial charge is 0.418 e. The van der Waals surface area contributed by atoms with Gasteiger partial charge in [0.15, 0.2) is 8.32 Å². The van der Waals surface area contributed by atoms with Gasteiger partial charge in [-0.2, -0.15) is 0 Å². The molecule has 3 aliphatic carbocycles. The summed E-state index contributed by atoms with van der Waals surface area (Å²) in [6, 6.07) is 0. The van der Waals surface area contributed by atoms with Crippen molar-refractivity contribution in [1.82, 2.24) is 0 Å². The van der Waals surface area contributed by atoms with E-state index in [0.29, 0.717) is 5.41 Å². The van der Waals surface area contributed by atoms with Crippen molar-refractivity contribution in [2.24, 2.45) is 17.3 Å². The van der Waals surface area contributed by atoms with Crippen LogP contribution in [0.5, 0.6) is 0 Å². The van der Waals surface area contributed by atoms with Crippen molar-refractivity contribution in [1.29, 1.82) is 0 Å². The summed E-state index contributed by atoms with van der Waals surface area (Å²) < 4.78 is 6.13. The molecule has 0 aromatic carbocycles. The molecule has 0 aliphatic heterocycles. The van der Waals surface area contributed by atoms with Crippen LogP contribution in [0.4, 0.5) is 0 Å². The summed E-state index contributed by atoms with van der Waals surface area (Å²) in [6.07, 6.45) is 21.6. The van der Waals surface area contributed by atoms with Gasteiger partial charge in [-0.3, -0.25) is 0 Å². The van der Waals surface area contributed by atoms with Gasteiger partial charge in [-0.25, -0.2) is 0 Å². The van der Waals surface area contributed by atoms with Crippen LogP contribution in [0.1, 0.15) is 45.4 Å². The summed E-state index contributed by atoms with van der Waals surface area (Å²) in [6.45, 7) is 10.3. The molecule has 24 heavy (non-hydrogen) atoms. The minimum atomic E-state index is -1.39. The molecule has 0 bridgehead atoms. The summed E-state index contributed by atoms with van der Waals surface area (Å²) in [5.41, 5.74) is 3.69. The van der Waals surface area contributed by atoms with Crippen molar-refractivity contribution >= 4 is 8.32 Å². The zero-order valence-electron chi connectivity index (χ0n) is 16.0. The fourth-order valence-electron chi connectivity index (χ4n) is 4.85. The quantitative estimate of drug-likeness (QED) is 0.383. The van der Waals surface area contributed by atoms with E-state index in [1.165, 1.54) is 32.1 Å². The smallest absolute Gasteiger partial charge is 0.183 e. The lowest BCUT2D eigenvalue weighted by Gasteiger charge is -2.39. The van der Waals surface area contributed by atoms with E-state index in [1.807, 2.05) is 0 Å². The van der Waals surface area contributed by atoms with Crippen molar-refractivity contribution < 1.29 is 4.43 Å². The number of allylic oxidation sites excluding steroid dienone is 8. The van der Waals surface area contributed by atoms with Crippen LogP contribution < -0.4 is 0 Å². The third-order valence-corrected chi connectivity index (χ3v) is 7.24. The number of fused-ring (bicyclic) bond motifs is 1. The second-order valence-electron chi connectivity index (χ2n) is 8.96. The first-order chi connectivity index (χ1) is 11.4. The summed E-state index contributed by atoms with van der Waals surface area (Å²) in [5, 5.41) is 0. The first-order valence-corrected chi connectivity index (χ1v) is 13.2. The Hall–Kier alpha value is -0.863. The average Bonchev–Trinajstić information content (AvgIpc) is 3.20. The minimum absolute atomic E-state index is 0.304. The Morgan fingerprint density at radius 1 is 1.12 bits per heavy atom. The lowest BCUT2D eigenvalue weighted by Crippen LogP contribution is -2.31. The highest BCUT2D eigenvalue weighted by molar-refractivity contribution is 6.69. The van der Waals surface area contributed by atoms with E-state index in [0.717, 1.165) is 24.9 Å². The SMILES string of the molecule is CC(CCCO[Si](C)(C)C)(C1=CC=CC1)C1CCC2CC=CC=C21. The van der Waals surface area contributed by atoms with Crippen LogP contribution >= 0.6 is 0 Å². The molecule has 0 heterocycles. The van der Waals surface area contributed by atoms with E-state index in [4.69, 9.17) is 4.43 Å².